The number of Topliss-reactive ketones (excluding diaryl/α,β-unsaturated/α-hetero) is 2. The first-order chi connectivity index (χ1) is 16.2. The Kier molecular flexibility index (Phi) is 15.4. The van der Waals surface area contributed by atoms with Crippen LogP contribution < -0.4 is 0 Å². The summed E-state index contributed by atoms with van der Waals surface area (Å²) in [5.74, 6) is -5.42. The third-order valence-corrected chi connectivity index (χ3v) is 6.37. The van der Waals surface area contributed by atoms with Crippen molar-refractivity contribution in [2.24, 2.45) is 5.92 Å². The number of carboxylic acids is 1. The van der Waals surface area contributed by atoms with E-state index >= 15 is 0 Å². The number of carbonyl (C=O) groups excluding carboxylic acids is 2. The minimum absolute atomic E-state index is 0.0269. The fourth-order valence-electron chi connectivity index (χ4n) is 4.29. The van der Waals surface area contributed by atoms with Crippen molar-refractivity contribution in [3.8, 4) is 0 Å². The number of ketones is 2. The van der Waals surface area contributed by atoms with Gasteiger partial charge in [0.1, 0.15) is 5.78 Å². The van der Waals surface area contributed by atoms with Crippen molar-refractivity contribution < 1.29 is 37.7 Å². The molecule has 1 fully saturated rings. The first kappa shape index (κ1) is 30.6. The summed E-state index contributed by atoms with van der Waals surface area (Å²) in [6.45, 7) is 4.31. The third kappa shape index (κ3) is 13.5. The van der Waals surface area contributed by atoms with Crippen LogP contribution in [-0.2, 0) is 23.9 Å². The quantitative estimate of drug-likeness (QED) is 0.196. The summed E-state index contributed by atoms with van der Waals surface area (Å²) in [6.07, 6.45) is 7.13. The number of unbranched alkanes of at least 4 members (excludes halogenated alkanes) is 4. The lowest BCUT2D eigenvalue weighted by molar-refractivity contribution is -0.186. The second kappa shape index (κ2) is 17.1. The smallest absolute Gasteiger partial charge is 0.305 e. The Morgan fingerprint density at radius 1 is 1.03 bits per heavy atom. The molecule has 198 valence electrons. The molecule has 1 aliphatic heterocycles. The molecule has 0 aromatic rings. The van der Waals surface area contributed by atoms with E-state index in [2.05, 4.69) is 0 Å². The number of carbonyl (C=O) groups is 3. The highest BCUT2D eigenvalue weighted by atomic mass is 19.3. The van der Waals surface area contributed by atoms with E-state index in [4.69, 9.17) is 14.6 Å². The largest absolute Gasteiger partial charge is 0.481 e. The number of ether oxygens (including phenoxy) is 2. The number of rotatable bonds is 20. The maximum Gasteiger partial charge on any atom is 0.305 e. The van der Waals surface area contributed by atoms with E-state index in [0.29, 0.717) is 38.7 Å². The zero-order valence-corrected chi connectivity index (χ0v) is 21.0. The van der Waals surface area contributed by atoms with Crippen molar-refractivity contribution in [2.75, 3.05) is 6.61 Å². The van der Waals surface area contributed by atoms with Gasteiger partial charge in [0.25, 0.3) is 0 Å². The molecule has 6 nitrogen and oxygen atoms in total. The molecule has 0 aromatic heterocycles. The number of halogens is 2. The molecule has 3 atom stereocenters. The summed E-state index contributed by atoms with van der Waals surface area (Å²) in [4.78, 5) is 35.6. The average Bonchev–Trinajstić information content (AvgIpc) is 2.78. The molecule has 1 saturated heterocycles. The van der Waals surface area contributed by atoms with Crippen molar-refractivity contribution in [2.45, 2.75) is 135 Å². The first-order valence-electron chi connectivity index (χ1n) is 13.1. The van der Waals surface area contributed by atoms with Crippen LogP contribution >= 0.6 is 0 Å². The van der Waals surface area contributed by atoms with Crippen molar-refractivity contribution in [3.05, 3.63) is 0 Å². The molecule has 0 aromatic carbocycles. The van der Waals surface area contributed by atoms with Gasteiger partial charge in [0.05, 0.1) is 6.10 Å². The lowest BCUT2D eigenvalue weighted by Gasteiger charge is -2.26. The van der Waals surface area contributed by atoms with Gasteiger partial charge in [0.2, 0.25) is 5.78 Å². The SMILES string of the molecule is CCCCC(F)(F)C(=O)CCC[C@@H](CCCCCCC(=O)O)C(=O)C[C@H](C)OC1CCCCO1. The van der Waals surface area contributed by atoms with Gasteiger partial charge < -0.3 is 14.6 Å². The number of aliphatic carboxylic acids is 1. The maximum atomic E-state index is 14.0. The van der Waals surface area contributed by atoms with Crippen LogP contribution in [0.2, 0.25) is 0 Å². The zero-order chi connectivity index (χ0) is 25.4. The fraction of sp³-hybridized carbons (Fsp3) is 0.885. The molecule has 0 radical (unpaired) electrons. The van der Waals surface area contributed by atoms with Gasteiger partial charge in [-0.05, 0) is 58.3 Å². The maximum absolute atomic E-state index is 14.0. The predicted molar refractivity (Wildman–Crippen MR) is 126 cm³/mol. The normalized spacial score (nSPS) is 18.4. The standard InChI is InChI=1S/C26H44F2O6/c1-3-4-17-26(27,28)23(30)14-11-13-21(12-7-5-6-8-15-24(31)32)22(29)19-20(2)34-25-16-9-10-18-33-25/h20-21,25H,3-19H2,1-2H3,(H,31,32)/t20-,21+,25?/m0/s1. The minimum Gasteiger partial charge on any atom is -0.481 e. The lowest BCUT2D eigenvalue weighted by atomic mass is 9.88. The summed E-state index contributed by atoms with van der Waals surface area (Å²) in [5, 5.41) is 8.73. The molecule has 1 unspecified atom stereocenters. The van der Waals surface area contributed by atoms with Gasteiger partial charge in [0, 0.05) is 38.2 Å². The summed E-state index contributed by atoms with van der Waals surface area (Å²) >= 11 is 0. The van der Waals surface area contributed by atoms with Crippen molar-refractivity contribution in [1.82, 2.24) is 0 Å². The lowest BCUT2D eigenvalue weighted by Crippen LogP contribution is -2.30. The van der Waals surface area contributed by atoms with Crippen LogP contribution in [0.15, 0.2) is 0 Å². The molecule has 1 rings (SSSR count). The Hall–Kier alpha value is -1.41. The van der Waals surface area contributed by atoms with Gasteiger partial charge >= 0.3 is 11.9 Å². The predicted octanol–water partition coefficient (Wildman–Crippen LogP) is 6.48. The highest BCUT2D eigenvalue weighted by Gasteiger charge is 2.36. The molecule has 0 spiro atoms. The van der Waals surface area contributed by atoms with Crippen molar-refractivity contribution in [3.63, 3.8) is 0 Å². The molecule has 8 heteroatoms. The van der Waals surface area contributed by atoms with Gasteiger partial charge in [-0.3, -0.25) is 14.4 Å². The average molecular weight is 491 g/mol. The molecule has 34 heavy (non-hydrogen) atoms. The number of carboxylic acid groups (broad SMARTS) is 1. The fourth-order valence-corrected chi connectivity index (χ4v) is 4.29. The van der Waals surface area contributed by atoms with Crippen LogP contribution in [0, 0.1) is 5.92 Å². The van der Waals surface area contributed by atoms with E-state index in [9.17, 15) is 23.2 Å². The van der Waals surface area contributed by atoms with Crippen LogP contribution in [0.3, 0.4) is 0 Å². The van der Waals surface area contributed by atoms with Crippen molar-refractivity contribution >= 4 is 17.5 Å². The van der Waals surface area contributed by atoms with Crippen LogP contribution in [0.1, 0.15) is 117 Å². The molecule has 1 aliphatic rings. The van der Waals surface area contributed by atoms with Crippen LogP contribution in [0.4, 0.5) is 8.78 Å². The van der Waals surface area contributed by atoms with Crippen LogP contribution in [-0.4, -0.2) is 47.6 Å². The van der Waals surface area contributed by atoms with Gasteiger partial charge in [-0.1, -0.05) is 32.6 Å². The van der Waals surface area contributed by atoms with E-state index in [1.54, 1.807) is 0 Å². The van der Waals surface area contributed by atoms with Crippen LogP contribution in [0.25, 0.3) is 0 Å². The Balaban J connectivity index is 2.53. The molecule has 0 saturated carbocycles. The second-order valence-corrected chi connectivity index (χ2v) is 9.58. The second-order valence-electron chi connectivity index (χ2n) is 9.58. The van der Waals surface area contributed by atoms with E-state index in [1.807, 2.05) is 13.8 Å². The first-order valence-corrected chi connectivity index (χ1v) is 13.1. The summed E-state index contributed by atoms with van der Waals surface area (Å²) in [7, 11) is 0. The van der Waals surface area contributed by atoms with Gasteiger partial charge in [-0.2, -0.15) is 8.78 Å². The van der Waals surface area contributed by atoms with E-state index < -0.39 is 24.1 Å². The molecular weight excluding hydrogens is 446 g/mol. The molecule has 0 aliphatic carbocycles. The summed E-state index contributed by atoms with van der Waals surface area (Å²) in [6, 6.07) is 0. The minimum atomic E-state index is -3.29. The van der Waals surface area contributed by atoms with Crippen molar-refractivity contribution in [1.29, 1.82) is 0 Å². The molecule has 1 N–H and O–H groups in total. The Labute approximate surface area is 203 Å². The Morgan fingerprint density at radius 2 is 1.74 bits per heavy atom. The van der Waals surface area contributed by atoms with E-state index in [-0.39, 0.29) is 49.8 Å². The zero-order valence-electron chi connectivity index (χ0n) is 21.0. The molecule has 0 bridgehead atoms. The van der Waals surface area contributed by atoms with Crippen LogP contribution in [0.5, 0.6) is 0 Å². The monoisotopic (exact) mass is 490 g/mol. The molecule has 1 heterocycles. The van der Waals surface area contributed by atoms with Gasteiger partial charge in [0.15, 0.2) is 6.29 Å². The summed E-state index contributed by atoms with van der Waals surface area (Å²) in [5.41, 5.74) is 0. The third-order valence-electron chi connectivity index (χ3n) is 6.37. The number of alkyl halides is 2. The van der Waals surface area contributed by atoms with E-state index in [1.165, 1.54) is 0 Å². The Morgan fingerprint density at radius 3 is 2.38 bits per heavy atom. The highest BCUT2D eigenvalue weighted by molar-refractivity contribution is 5.85. The summed E-state index contributed by atoms with van der Waals surface area (Å²) < 4.78 is 39.4. The number of hydrogen-bond donors (Lipinski definition) is 1. The topological polar surface area (TPSA) is 89.9 Å². The number of hydrogen-bond acceptors (Lipinski definition) is 5. The molecule has 0 amide bonds. The van der Waals surface area contributed by atoms with E-state index in [0.717, 1.165) is 38.5 Å². The van der Waals surface area contributed by atoms with Gasteiger partial charge in [-0.25, -0.2) is 0 Å². The Bertz CT molecular complexity index is 604. The van der Waals surface area contributed by atoms with Gasteiger partial charge in [-0.15, -0.1) is 0 Å². The molecular formula is C26H44F2O6. The highest BCUT2D eigenvalue weighted by Crippen LogP contribution is 2.27.